The number of aromatic nitrogens is 1. The Labute approximate surface area is 241 Å². The van der Waals surface area contributed by atoms with Crippen molar-refractivity contribution in [3.63, 3.8) is 0 Å². The third-order valence-electron chi connectivity index (χ3n) is 9.27. The Balaban J connectivity index is 1.55. The predicted octanol–water partition coefficient (Wildman–Crippen LogP) is 8.99. The third kappa shape index (κ3) is 6.71. The van der Waals surface area contributed by atoms with Crippen LogP contribution < -0.4 is 0 Å². The SMILES string of the molecule is CCCCCn1cc(CCCN2CCCC2)c2cccc(/C=C(/c3ccc(C(=O)O)cc3C)C3CCCCC3)c21. The van der Waals surface area contributed by atoms with Crippen molar-refractivity contribution < 1.29 is 9.90 Å². The maximum Gasteiger partial charge on any atom is 0.335 e. The minimum Gasteiger partial charge on any atom is -0.478 e. The lowest BCUT2D eigenvalue weighted by Gasteiger charge is -2.26. The zero-order chi connectivity index (χ0) is 27.9. The number of para-hydroxylation sites is 1. The van der Waals surface area contributed by atoms with E-state index in [1.165, 1.54) is 123 Å². The molecule has 1 aliphatic carbocycles. The molecule has 0 atom stereocenters. The number of hydrogen-bond acceptors (Lipinski definition) is 2. The van der Waals surface area contributed by atoms with Crippen molar-refractivity contribution in [3.8, 4) is 0 Å². The Morgan fingerprint density at radius 1 is 0.975 bits per heavy atom. The second-order valence-electron chi connectivity index (χ2n) is 12.2. The van der Waals surface area contributed by atoms with Gasteiger partial charge in [0.05, 0.1) is 11.1 Å². The molecule has 1 aliphatic heterocycles. The molecule has 0 unspecified atom stereocenters. The number of likely N-dealkylation sites (tertiary alicyclic amines) is 1. The monoisotopic (exact) mass is 540 g/mol. The van der Waals surface area contributed by atoms with Gasteiger partial charge in [0, 0.05) is 18.1 Å². The minimum atomic E-state index is -0.857. The summed E-state index contributed by atoms with van der Waals surface area (Å²) in [5.74, 6) is -0.341. The van der Waals surface area contributed by atoms with Gasteiger partial charge in [-0.25, -0.2) is 4.79 Å². The molecule has 0 amide bonds. The van der Waals surface area contributed by atoms with E-state index in [0.29, 0.717) is 11.5 Å². The number of carboxylic acid groups (broad SMARTS) is 1. The summed E-state index contributed by atoms with van der Waals surface area (Å²) in [7, 11) is 0. The molecule has 2 heterocycles. The van der Waals surface area contributed by atoms with E-state index < -0.39 is 5.97 Å². The number of unbranched alkanes of at least 4 members (excludes halogenated alkanes) is 2. The zero-order valence-electron chi connectivity index (χ0n) is 24.8. The number of carbonyl (C=O) groups is 1. The van der Waals surface area contributed by atoms with Crippen molar-refractivity contribution in [1.29, 1.82) is 0 Å². The lowest BCUT2D eigenvalue weighted by molar-refractivity contribution is 0.0696. The van der Waals surface area contributed by atoms with Gasteiger partial charge in [-0.2, -0.15) is 0 Å². The summed E-state index contributed by atoms with van der Waals surface area (Å²) in [5.41, 5.74) is 8.20. The lowest BCUT2D eigenvalue weighted by atomic mass is 9.79. The molecule has 5 rings (SSSR count). The summed E-state index contributed by atoms with van der Waals surface area (Å²) in [5, 5.41) is 11.0. The van der Waals surface area contributed by atoms with Gasteiger partial charge in [-0.1, -0.05) is 63.3 Å². The normalized spacial score (nSPS) is 17.2. The van der Waals surface area contributed by atoms with Crippen molar-refractivity contribution in [2.24, 2.45) is 5.92 Å². The van der Waals surface area contributed by atoms with E-state index in [9.17, 15) is 9.90 Å². The molecule has 0 spiro atoms. The fraction of sp³-hybridized carbons (Fsp3) is 0.528. The molecule has 40 heavy (non-hydrogen) atoms. The molecule has 1 saturated heterocycles. The van der Waals surface area contributed by atoms with Gasteiger partial charge in [0.2, 0.25) is 0 Å². The molecule has 2 aromatic carbocycles. The van der Waals surface area contributed by atoms with Crippen LogP contribution in [0.2, 0.25) is 0 Å². The summed E-state index contributed by atoms with van der Waals surface area (Å²) in [6, 6.07) is 12.6. The van der Waals surface area contributed by atoms with E-state index >= 15 is 0 Å². The van der Waals surface area contributed by atoms with Crippen LogP contribution in [0.5, 0.6) is 0 Å². The zero-order valence-corrected chi connectivity index (χ0v) is 24.8. The number of nitrogens with zero attached hydrogens (tertiary/aromatic N) is 2. The standard InChI is InChI=1S/C36H48N2O2/c1-3-4-8-23-38-26-31(16-12-22-37-20-9-10-21-37)33-17-11-15-29(35(33)38)25-34(28-13-6-5-7-14-28)32-19-18-30(36(39)40)24-27(32)2/h11,15,17-19,24-26,28H,3-10,12-14,16,20-23H2,1-2H3,(H,39,40)/b34-25+. The maximum atomic E-state index is 11.7. The van der Waals surface area contributed by atoms with Crippen molar-refractivity contribution in [2.45, 2.75) is 97.4 Å². The predicted molar refractivity (Wildman–Crippen MR) is 168 cm³/mol. The van der Waals surface area contributed by atoms with Crippen LogP contribution in [-0.2, 0) is 13.0 Å². The summed E-state index contributed by atoms with van der Waals surface area (Å²) in [4.78, 5) is 14.3. The van der Waals surface area contributed by atoms with Gasteiger partial charge in [0.25, 0.3) is 0 Å². The second-order valence-corrected chi connectivity index (χ2v) is 12.2. The molecule has 2 aliphatic rings. The largest absolute Gasteiger partial charge is 0.478 e. The molecule has 4 nitrogen and oxygen atoms in total. The van der Waals surface area contributed by atoms with E-state index in [-0.39, 0.29) is 0 Å². The molecular weight excluding hydrogens is 492 g/mol. The fourth-order valence-corrected chi connectivity index (χ4v) is 7.10. The molecule has 3 aromatic rings. The summed E-state index contributed by atoms with van der Waals surface area (Å²) >= 11 is 0. The van der Waals surface area contributed by atoms with Gasteiger partial charge in [0.1, 0.15) is 0 Å². The Morgan fingerprint density at radius 3 is 2.50 bits per heavy atom. The van der Waals surface area contributed by atoms with Crippen molar-refractivity contribution in [3.05, 3.63) is 70.4 Å². The molecule has 1 aromatic heterocycles. The van der Waals surface area contributed by atoms with Gasteiger partial charge in [-0.3, -0.25) is 0 Å². The van der Waals surface area contributed by atoms with E-state index in [1.54, 1.807) is 6.07 Å². The lowest BCUT2D eigenvalue weighted by Crippen LogP contribution is -2.20. The first kappa shape index (κ1) is 28.7. The van der Waals surface area contributed by atoms with Gasteiger partial charge in [0.15, 0.2) is 0 Å². The van der Waals surface area contributed by atoms with Crippen LogP contribution in [-0.4, -0.2) is 40.2 Å². The number of hydrogen-bond donors (Lipinski definition) is 1. The first-order chi connectivity index (χ1) is 19.5. The van der Waals surface area contributed by atoms with E-state index in [0.717, 1.165) is 18.5 Å². The molecule has 0 radical (unpaired) electrons. The topological polar surface area (TPSA) is 45.5 Å². The molecule has 0 bridgehead atoms. The number of fused-ring (bicyclic) bond motifs is 1. The smallest absolute Gasteiger partial charge is 0.335 e. The molecule has 214 valence electrons. The Bertz CT molecular complexity index is 1320. The molecule has 4 heteroatoms. The number of allylic oxidation sites excluding steroid dienone is 1. The average molecular weight is 541 g/mol. The van der Waals surface area contributed by atoms with Gasteiger partial charge >= 0.3 is 5.97 Å². The quantitative estimate of drug-likeness (QED) is 0.184. The number of rotatable bonds is 12. The first-order valence-corrected chi connectivity index (χ1v) is 15.9. The van der Waals surface area contributed by atoms with Crippen LogP contribution in [0.3, 0.4) is 0 Å². The Hall–Kier alpha value is -2.85. The summed E-state index contributed by atoms with van der Waals surface area (Å²) in [6.07, 6.45) is 19.9. The molecular formula is C36H48N2O2. The van der Waals surface area contributed by atoms with Crippen LogP contribution in [0.4, 0.5) is 0 Å². The summed E-state index contributed by atoms with van der Waals surface area (Å²) < 4.78 is 2.54. The van der Waals surface area contributed by atoms with Crippen LogP contribution in [0.25, 0.3) is 22.6 Å². The van der Waals surface area contributed by atoms with E-state index in [1.807, 2.05) is 6.07 Å². The van der Waals surface area contributed by atoms with Gasteiger partial charge in [-0.15, -0.1) is 0 Å². The van der Waals surface area contributed by atoms with Crippen molar-refractivity contribution in [1.82, 2.24) is 9.47 Å². The Morgan fingerprint density at radius 2 is 1.77 bits per heavy atom. The van der Waals surface area contributed by atoms with Gasteiger partial charge < -0.3 is 14.6 Å². The molecule has 1 saturated carbocycles. The highest BCUT2D eigenvalue weighted by Gasteiger charge is 2.22. The van der Waals surface area contributed by atoms with E-state index in [4.69, 9.17) is 0 Å². The average Bonchev–Trinajstić information content (AvgIpc) is 3.61. The number of aryl methyl sites for hydroxylation is 3. The maximum absolute atomic E-state index is 11.7. The van der Waals surface area contributed by atoms with Crippen LogP contribution in [0.1, 0.15) is 110 Å². The number of carboxylic acids is 1. The van der Waals surface area contributed by atoms with Crippen molar-refractivity contribution in [2.75, 3.05) is 19.6 Å². The van der Waals surface area contributed by atoms with Crippen molar-refractivity contribution >= 4 is 28.5 Å². The van der Waals surface area contributed by atoms with Crippen LogP contribution in [0.15, 0.2) is 42.6 Å². The van der Waals surface area contributed by atoms with Crippen LogP contribution >= 0.6 is 0 Å². The molecule has 1 N–H and O–H groups in total. The second kappa shape index (κ2) is 13.7. The number of aromatic carboxylic acids is 1. The highest BCUT2D eigenvalue weighted by atomic mass is 16.4. The van der Waals surface area contributed by atoms with Crippen LogP contribution in [0, 0.1) is 12.8 Å². The number of benzene rings is 2. The highest BCUT2D eigenvalue weighted by molar-refractivity contribution is 5.97. The van der Waals surface area contributed by atoms with Gasteiger partial charge in [-0.05, 0) is 123 Å². The fourth-order valence-electron chi connectivity index (χ4n) is 7.10. The Kier molecular flexibility index (Phi) is 9.80. The minimum absolute atomic E-state index is 0.370. The van der Waals surface area contributed by atoms with E-state index in [2.05, 4.69) is 59.9 Å². The summed E-state index contributed by atoms with van der Waals surface area (Å²) in [6.45, 7) is 9.16. The third-order valence-corrected chi connectivity index (χ3v) is 9.27. The first-order valence-electron chi connectivity index (χ1n) is 15.9. The highest BCUT2D eigenvalue weighted by Crippen LogP contribution is 2.39. The molecule has 2 fully saturated rings.